The van der Waals surface area contributed by atoms with Gasteiger partial charge < -0.3 is 109 Å². The summed E-state index contributed by atoms with van der Waals surface area (Å²) in [7, 11) is 8.04. The number of hydrogen-bond acceptors (Lipinski definition) is 24. The van der Waals surface area contributed by atoms with E-state index in [0.29, 0.717) is 121 Å². The van der Waals surface area contributed by atoms with E-state index in [1.807, 2.05) is 60.0 Å². The number of benzene rings is 2. The van der Waals surface area contributed by atoms with E-state index in [9.17, 15) is 43.2 Å². The van der Waals surface area contributed by atoms with Crippen molar-refractivity contribution in [2.45, 2.75) is 65.3 Å². The number of ether oxygens (including phenoxy) is 8. The molecule has 0 aliphatic carbocycles. The molecule has 0 spiro atoms. The fourth-order valence-corrected chi connectivity index (χ4v) is 13.7. The molecule has 9 aromatic rings. The Labute approximate surface area is 701 Å². The molecule has 0 bridgehead atoms. The van der Waals surface area contributed by atoms with Crippen LogP contribution in [0.1, 0.15) is 130 Å². The third-order valence-electron chi connectivity index (χ3n) is 18.5. The molecule has 40 heteroatoms. The standard InChI is InChI=1S/C80H102ClN21O17S/c1-51-52(2)120-80-69(51)70(55-13-15-56(81)16-14-55)90-60(71-96-95-53(3)102(71)80)46-68(106)87-57-17-11-54(12-18-57)10-9-28-112-30-32-114-34-36-116-38-40-118-42-43-119-41-39-117-37-35-115-33-31-113-29-26-82-65(103)19-22-86-77(109)73-93-63(49-100(73)7)91-66(104)20-23-85-76(108)62-45-59(48-99(62)6)89-79(111)74-94-64(50-101(74)8)92-67(105)21-24-84-75(107)61-44-58(47-98(61)5)88-78(110)72-83-25-27-97(72)4/h11-18,25,27,44-45,47-50,60H,9-10,19-24,26,28-43,46H2,1-8H3,(H,82,103)(H,84,107)(H,85,108)(H,86,109)(H,87,106)(H,88,110)(H,89,111)(H,91,104)(H,92,105). The number of imidazole rings is 3. The average molecular weight is 1700 g/mol. The molecule has 2 aromatic carbocycles. The molecule has 0 radical (unpaired) electrons. The van der Waals surface area contributed by atoms with Gasteiger partial charge in [-0.25, -0.2) is 15.0 Å². The van der Waals surface area contributed by atoms with Gasteiger partial charge in [-0.3, -0.25) is 52.7 Å². The van der Waals surface area contributed by atoms with Gasteiger partial charge in [0.15, 0.2) is 23.3 Å². The highest BCUT2D eigenvalue weighted by Gasteiger charge is 2.33. The third kappa shape index (κ3) is 27.2. The Morgan fingerprint density at radius 1 is 0.458 bits per heavy atom. The highest BCUT2D eigenvalue weighted by molar-refractivity contribution is 7.15. The van der Waals surface area contributed by atoms with Crippen molar-refractivity contribution in [1.82, 2.24) is 73.8 Å². The smallest absolute Gasteiger partial charge is 0.291 e. The second-order valence-electron chi connectivity index (χ2n) is 27.7. The highest BCUT2D eigenvalue weighted by Crippen LogP contribution is 2.40. The number of halogens is 1. The predicted octanol–water partition coefficient (Wildman–Crippen LogP) is 5.73. The van der Waals surface area contributed by atoms with E-state index in [-0.39, 0.29) is 116 Å². The molecule has 0 fully saturated rings. The van der Waals surface area contributed by atoms with Crippen LogP contribution < -0.4 is 47.9 Å². The summed E-state index contributed by atoms with van der Waals surface area (Å²) >= 11 is 7.94. The van der Waals surface area contributed by atoms with Crippen LogP contribution in [-0.2, 0) is 98.7 Å². The Balaban J connectivity index is 0.466. The molecule has 1 unspecified atom stereocenters. The Bertz CT molecular complexity index is 5000. The summed E-state index contributed by atoms with van der Waals surface area (Å²) < 4.78 is 54.2. The van der Waals surface area contributed by atoms with Gasteiger partial charge in [-0.05, 0) is 81.1 Å². The number of aliphatic imine (C=N–C) groups is 1. The summed E-state index contributed by atoms with van der Waals surface area (Å²) in [5.41, 5.74) is 6.74. The molecule has 1 aliphatic heterocycles. The average Bonchev–Trinajstić information content (AvgIpc) is 1.59. The number of amides is 9. The fraction of sp³-hybridized carbons (Fsp3) is 0.438. The summed E-state index contributed by atoms with van der Waals surface area (Å²) in [6.45, 7) is 12.9. The normalized spacial score (nSPS) is 12.3. The number of carbonyl (C=O) groups excluding carboxylic acids is 9. The molecule has 120 heavy (non-hydrogen) atoms. The van der Waals surface area contributed by atoms with E-state index in [1.54, 1.807) is 63.5 Å². The number of thiophene rings is 1. The quantitative estimate of drug-likeness (QED) is 0.0205. The maximum atomic E-state index is 13.6. The lowest BCUT2D eigenvalue weighted by molar-refractivity contribution is -0.121. The summed E-state index contributed by atoms with van der Waals surface area (Å²) in [5, 5.41) is 34.9. The maximum Gasteiger partial charge on any atom is 0.291 e. The van der Waals surface area contributed by atoms with Crippen LogP contribution in [0, 0.1) is 20.8 Å². The van der Waals surface area contributed by atoms with E-state index in [2.05, 4.69) is 86.8 Å². The Hall–Kier alpha value is -11.7. The molecule has 8 heterocycles. The molecule has 38 nitrogen and oxygen atoms in total. The van der Waals surface area contributed by atoms with Crippen LogP contribution in [-0.4, -0.2) is 243 Å². The number of aromatic nitrogens is 11. The van der Waals surface area contributed by atoms with E-state index >= 15 is 0 Å². The molecular weight excluding hydrogens is 1590 g/mol. The van der Waals surface area contributed by atoms with Gasteiger partial charge in [0.25, 0.3) is 29.5 Å². The van der Waals surface area contributed by atoms with Crippen LogP contribution in [0.2, 0.25) is 5.02 Å². The largest absolute Gasteiger partial charge is 0.379 e. The van der Waals surface area contributed by atoms with Gasteiger partial charge in [-0.2, -0.15) is 0 Å². The molecule has 9 amide bonds. The first-order valence-electron chi connectivity index (χ1n) is 39.0. The zero-order valence-electron chi connectivity index (χ0n) is 68.3. The van der Waals surface area contributed by atoms with Gasteiger partial charge in [0.2, 0.25) is 35.3 Å². The Morgan fingerprint density at radius 2 is 0.933 bits per heavy atom. The SMILES string of the molecule is Cc1sc2c(c1C)C(c1ccc(Cl)cc1)=NC(CC(=O)Nc1ccc(CCCOCCOCCOCCOCCOCCOCCOCCOCCNC(=O)CCNC(=O)c3nc(NC(=O)CCNC(=O)c4cc(NC(=O)c5nc(NC(=O)CCNC(=O)c6cc(NC(=O)c7nccn7C)cn6C)cn5C)cn4C)cn3C)cc1)c1nnc(C)n1-2. The number of hydrogen-bond donors (Lipinski definition) is 9. The third-order valence-corrected chi connectivity index (χ3v) is 20.0. The lowest BCUT2D eigenvalue weighted by Crippen LogP contribution is -2.33. The monoisotopic (exact) mass is 1700 g/mol. The van der Waals surface area contributed by atoms with Crippen molar-refractivity contribution < 1.29 is 81.0 Å². The first-order chi connectivity index (χ1) is 58.0. The summed E-state index contributed by atoms with van der Waals surface area (Å²) in [4.78, 5) is 135. The predicted molar refractivity (Wildman–Crippen MR) is 445 cm³/mol. The van der Waals surface area contributed by atoms with Crippen LogP contribution in [0.3, 0.4) is 0 Å². The summed E-state index contributed by atoms with van der Waals surface area (Å²) in [6.07, 6.45) is 10.6. The zero-order chi connectivity index (χ0) is 85.5. The van der Waals surface area contributed by atoms with Gasteiger partial charge in [0, 0.05) is 151 Å². The van der Waals surface area contributed by atoms with Crippen molar-refractivity contribution in [2.24, 2.45) is 40.2 Å². The van der Waals surface area contributed by atoms with Gasteiger partial charge in [-0.1, -0.05) is 35.9 Å². The van der Waals surface area contributed by atoms with Crippen LogP contribution in [0.25, 0.3) is 5.00 Å². The molecule has 1 atom stereocenters. The highest BCUT2D eigenvalue weighted by atomic mass is 35.5. The minimum Gasteiger partial charge on any atom is -0.379 e. The molecule has 1 aliphatic rings. The van der Waals surface area contributed by atoms with E-state index < -0.39 is 47.4 Å². The van der Waals surface area contributed by atoms with Gasteiger partial charge in [-0.15, -0.1) is 21.5 Å². The summed E-state index contributed by atoms with van der Waals surface area (Å²) in [6, 6.07) is 17.8. The molecule has 642 valence electrons. The lowest BCUT2D eigenvalue weighted by atomic mass is 9.99. The molecule has 0 saturated carbocycles. The minimum absolute atomic E-state index is 0.00442. The number of nitrogens with zero attached hydrogens (tertiary/aromatic N) is 12. The molecule has 9 N–H and O–H groups in total. The van der Waals surface area contributed by atoms with E-state index in [4.69, 9.17) is 54.5 Å². The van der Waals surface area contributed by atoms with E-state index in [1.165, 1.54) is 60.1 Å². The van der Waals surface area contributed by atoms with Crippen LogP contribution in [0.5, 0.6) is 0 Å². The van der Waals surface area contributed by atoms with Gasteiger partial charge in [0.1, 0.15) is 28.3 Å². The molecule has 7 aromatic heterocycles. The number of aryl methyl sites for hydroxylation is 8. The van der Waals surface area contributed by atoms with Crippen molar-refractivity contribution >= 4 is 111 Å². The Kier molecular flexibility index (Phi) is 34.8. The molecule has 0 saturated heterocycles. The Morgan fingerprint density at radius 3 is 1.44 bits per heavy atom. The second-order valence-corrected chi connectivity index (χ2v) is 29.3. The first kappa shape index (κ1) is 90.7. The topological polar surface area (TPSA) is 442 Å². The van der Waals surface area contributed by atoms with Crippen molar-refractivity contribution in [1.29, 1.82) is 0 Å². The lowest BCUT2D eigenvalue weighted by Gasteiger charge is -2.13. The minimum atomic E-state index is -0.640. The number of nitrogens with one attached hydrogen (secondary N) is 9. The molecular formula is C80H102ClN21O17S. The van der Waals surface area contributed by atoms with Gasteiger partial charge in [0.05, 0.1) is 123 Å². The van der Waals surface area contributed by atoms with Gasteiger partial charge >= 0.3 is 0 Å². The van der Waals surface area contributed by atoms with Crippen LogP contribution in [0.4, 0.5) is 28.7 Å². The molecule has 10 rings (SSSR count). The number of carbonyl (C=O) groups is 9. The van der Waals surface area contributed by atoms with Crippen molar-refractivity contribution in [3.63, 3.8) is 0 Å². The summed E-state index contributed by atoms with van der Waals surface area (Å²) in [5.74, 6) is -2.46. The van der Waals surface area contributed by atoms with Crippen LogP contribution in [0.15, 0.2) is 103 Å². The van der Waals surface area contributed by atoms with E-state index in [0.717, 1.165) is 51.6 Å². The van der Waals surface area contributed by atoms with Crippen molar-refractivity contribution in [3.8, 4) is 5.00 Å². The zero-order valence-corrected chi connectivity index (χ0v) is 69.9. The van der Waals surface area contributed by atoms with Crippen molar-refractivity contribution in [3.05, 3.63) is 171 Å². The van der Waals surface area contributed by atoms with Crippen LogP contribution >= 0.6 is 22.9 Å². The first-order valence-corrected chi connectivity index (χ1v) is 40.2. The fourth-order valence-electron chi connectivity index (χ4n) is 12.3. The number of rotatable bonds is 50. The number of anilines is 5. The maximum absolute atomic E-state index is 13.6. The second kappa shape index (κ2) is 46.1. The van der Waals surface area contributed by atoms with Crippen molar-refractivity contribution in [2.75, 3.05) is 158 Å². The number of fused-ring (bicyclic) bond motifs is 3.